The van der Waals surface area contributed by atoms with E-state index >= 15 is 0 Å². The van der Waals surface area contributed by atoms with E-state index in [9.17, 15) is 5.11 Å². The molecule has 3 aromatic rings. The van der Waals surface area contributed by atoms with Crippen LogP contribution in [0.4, 0.5) is 0 Å². The first-order valence-corrected chi connectivity index (χ1v) is 6.18. The largest absolute Gasteiger partial charge is 0.382 e. The number of para-hydroxylation sites is 1. The molecule has 1 atom stereocenters. The molecule has 0 spiro atoms. The van der Waals surface area contributed by atoms with Crippen LogP contribution in [0.15, 0.2) is 42.7 Å². The van der Waals surface area contributed by atoms with Gasteiger partial charge >= 0.3 is 0 Å². The molecule has 0 fully saturated rings. The molecule has 0 saturated heterocycles. The number of pyridine rings is 1. The number of rotatable bonds is 2. The van der Waals surface area contributed by atoms with Crippen LogP contribution in [0, 0.1) is 6.92 Å². The van der Waals surface area contributed by atoms with Gasteiger partial charge in [-0.15, -0.1) is 0 Å². The summed E-state index contributed by atoms with van der Waals surface area (Å²) >= 11 is 0. The van der Waals surface area contributed by atoms with E-state index in [1.807, 2.05) is 44.3 Å². The van der Waals surface area contributed by atoms with Crippen molar-refractivity contribution < 1.29 is 5.11 Å². The predicted octanol–water partition coefficient (Wildman–Crippen LogP) is 2.36. The average Bonchev–Trinajstić information content (AvgIpc) is 2.77. The maximum atomic E-state index is 10.6. The standard InChI is InChI=1S/C15H15N3O/c1-10-7-8-16-9-12(10)15(19)14-11-5-3-4-6-13(11)18(2)17-14/h3-9,15,19H,1-2H3. The molecule has 1 aromatic carbocycles. The van der Waals surface area contributed by atoms with Crippen molar-refractivity contribution in [2.75, 3.05) is 0 Å². The third kappa shape index (κ3) is 1.90. The van der Waals surface area contributed by atoms with E-state index in [1.54, 1.807) is 17.1 Å². The minimum Gasteiger partial charge on any atom is -0.382 e. The summed E-state index contributed by atoms with van der Waals surface area (Å²) in [6.45, 7) is 1.96. The number of fused-ring (bicyclic) bond motifs is 1. The van der Waals surface area contributed by atoms with Crippen molar-refractivity contribution in [3.8, 4) is 0 Å². The lowest BCUT2D eigenvalue weighted by molar-refractivity contribution is 0.214. The van der Waals surface area contributed by atoms with Crippen LogP contribution in [0.1, 0.15) is 22.9 Å². The van der Waals surface area contributed by atoms with E-state index in [-0.39, 0.29) is 0 Å². The van der Waals surface area contributed by atoms with Gasteiger partial charge in [0.15, 0.2) is 0 Å². The Morgan fingerprint density at radius 1 is 1.21 bits per heavy atom. The molecule has 0 radical (unpaired) electrons. The number of benzene rings is 1. The Kier molecular flexibility index (Phi) is 2.80. The van der Waals surface area contributed by atoms with E-state index in [2.05, 4.69) is 10.1 Å². The van der Waals surface area contributed by atoms with E-state index in [1.165, 1.54) is 0 Å². The highest BCUT2D eigenvalue weighted by Crippen LogP contribution is 2.28. The zero-order valence-electron chi connectivity index (χ0n) is 10.9. The Labute approximate surface area is 111 Å². The Hall–Kier alpha value is -2.20. The number of aliphatic hydroxyl groups is 1. The molecular formula is C15H15N3O. The molecule has 0 aliphatic rings. The summed E-state index contributed by atoms with van der Waals surface area (Å²) in [7, 11) is 1.88. The summed E-state index contributed by atoms with van der Waals surface area (Å²) in [5.74, 6) is 0. The number of aliphatic hydroxyl groups excluding tert-OH is 1. The lowest BCUT2D eigenvalue weighted by Gasteiger charge is -2.11. The van der Waals surface area contributed by atoms with Gasteiger partial charge < -0.3 is 5.11 Å². The first kappa shape index (κ1) is 11.9. The molecular weight excluding hydrogens is 238 g/mol. The van der Waals surface area contributed by atoms with Gasteiger partial charge in [0.2, 0.25) is 0 Å². The molecule has 0 aliphatic heterocycles. The van der Waals surface area contributed by atoms with E-state index in [0.717, 1.165) is 22.0 Å². The fourth-order valence-corrected chi connectivity index (χ4v) is 2.35. The van der Waals surface area contributed by atoms with Gasteiger partial charge in [-0.05, 0) is 24.6 Å². The fraction of sp³-hybridized carbons (Fsp3) is 0.200. The normalized spacial score (nSPS) is 12.8. The quantitative estimate of drug-likeness (QED) is 0.762. The molecule has 1 N–H and O–H groups in total. The molecule has 4 nitrogen and oxygen atoms in total. The third-order valence-corrected chi connectivity index (χ3v) is 3.42. The van der Waals surface area contributed by atoms with Crippen LogP contribution in [0.3, 0.4) is 0 Å². The molecule has 2 heterocycles. The summed E-state index contributed by atoms with van der Waals surface area (Å²) in [6.07, 6.45) is 2.67. The van der Waals surface area contributed by atoms with E-state index < -0.39 is 6.10 Å². The molecule has 96 valence electrons. The minimum absolute atomic E-state index is 0.675. The highest BCUT2D eigenvalue weighted by Gasteiger charge is 2.19. The van der Waals surface area contributed by atoms with Crippen molar-refractivity contribution in [2.24, 2.45) is 7.05 Å². The first-order chi connectivity index (χ1) is 9.18. The minimum atomic E-state index is -0.750. The maximum absolute atomic E-state index is 10.6. The predicted molar refractivity (Wildman–Crippen MR) is 73.7 cm³/mol. The number of hydrogen-bond acceptors (Lipinski definition) is 3. The van der Waals surface area contributed by atoms with Gasteiger partial charge in [-0.3, -0.25) is 9.67 Å². The van der Waals surface area contributed by atoms with Gasteiger partial charge in [0.25, 0.3) is 0 Å². The summed E-state index contributed by atoms with van der Waals surface area (Å²) < 4.78 is 1.79. The fourth-order valence-electron chi connectivity index (χ4n) is 2.35. The van der Waals surface area contributed by atoms with Gasteiger partial charge in [-0.1, -0.05) is 18.2 Å². The Morgan fingerprint density at radius 2 is 2.00 bits per heavy atom. The summed E-state index contributed by atoms with van der Waals surface area (Å²) in [4.78, 5) is 4.08. The molecule has 4 heteroatoms. The second-order valence-corrected chi connectivity index (χ2v) is 4.66. The molecule has 2 aromatic heterocycles. The Morgan fingerprint density at radius 3 is 2.79 bits per heavy atom. The highest BCUT2D eigenvalue weighted by atomic mass is 16.3. The van der Waals surface area contributed by atoms with Crippen LogP contribution >= 0.6 is 0 Å². The number of aryl methyl sites for hydroxylation is 2. The van der Waals surface area contributed by atoms with Gasteiger partial charge in [-0.2, -0.15) is 5.10 Å². The highest BCUT2D eigenvalue weighted by molar-refractivity contribution is 5.82. The lowest BCUT2D eigenvalue weighted by Crippen LogP contribution is -2.04. The van der Waals surface area contributed by atoms with Gasteiger partial charge in [0, 0.05) is 30.4 Å². The molecule has 0 aliphatic carbocycles. The molecule has 3 rings (SSSR count). The zero-order chi connectivity index (χ0) is 13.4. The van der Waals surface area contributed by atoms with Crippen molar-refractivity contribution in [1.29, 1.82) is 0 Å². The monoisotopic (exact) mass is 253 g/mol. The van der Waals surface area contributed by atoms with Gasteiger partial charge in [0.1, 0.15) is 11.8 Å². The first-order valence-electron chi connectivity index (χ1n) is 6.18. The Bertz CT molecular complexity index is 733. The summed E-state index contributed by atoms with van der Waals surface area (Å²) in [5, 5.41) is 16.0. The summed E-state index contributed by atoms with van der Waals surface area (Å²) in [5.41, 5.74) is 3.50. The molecule has 0 amide bonds. The SMILES string of the molecule is Cc1ccncc1C(O)c1nn(C)c2ccccc12. The summed E-state index contributed by atoms with van der Waals surface area (Å²) in [6, 6.07) is 9.79. The van der Waals surface area contributed by atoms with Gasteiger partial charge in [-0.25, -0.2) is 0 Å². The van der Waals surface area contributed by atoms with Crippen LogP contribution in [-0.2, 0) is 7.05 Å². The molecule has 1 unspecified atom stereocenters. The number of hydrogen-bond donors (Lipinski definition) is 1. The van der Waals surface area contributed by atoms with Crippen LogP contribution in [0.25, 0.3) is 10.9 Å². The second kappa shape index (κ2) is 4.48. The van der Waals surface area contributed by atoms with Crippen molar-refractivity contribution in [3.05, 3.63) is 59.5 Å². The third-order valence-electron chi connectivity index (χ3n) is 3.42. The number of aromatic nitrogens is 3. The van der Waals surface area contributed by atoms with Crippen LogP contribution in [0.2, 0.25) is 0 Å². The smallest absolute Gasteiger partial charge is 0.125 e. The second-order valence-electron chi connectivity index (χ2n) is 4.66. The maximum Gasteiger partial charge on any atom is 0.125 e. The van der Waals surface area contributed by atoms with Crippen molar-refractivity contribution in [3.63, 3.8) is 0 Å². The van der Waals surface area contributed by atoms with Crippen molar-refractivity contribution in [1.82, 2.24) is 14.8 Å². The topological polar surface area (TPSA) is 50.9 Å². The van der Waals surface area contributed by atoms with Crippen LogP contribution in [0.5, 0.6) is 0 Å². The van der Waals surface area contributed by atoms with E-state index in [0.29, 0.717) is 5.69 Å². The molecule has 0 bridgehead atoms. The van der Waals surface area contributed by atoms with Gasteiger partial charge in [0.05, 0.1) is 5.52 Å². The van der Waals surface area contributed by atoms with Crippen molar-refractivity contribution >= 4 is 10.9 Å². The van der Waals surface area contributed by atoms with Crippen LogP contribution < -0.4 is 0 Å². The molecule has 0 saturated carbocycles. The van der Waals surface area contributed by atoms with Crippen molar-refractivity contribution in [2.45, 2.75) is 13.0 Å². The Balaban J connectivity index is 2.17. The zero-order valence-corrected chi connectivity index (χ0v) is 10.9. The molecule has 19 heavy (non-hydrogen) atoms. The van der Waals surface area contributed by atoms with Crippen LogP contribution in [-0.4, -0.2) is 19.9 Å². The average molecular weight is 253 g/mol. The van der Waals surface area contributed by atoms with E-state index in [4.69, 9.17) is 0 Å². The number of nitrogens with zero attached hydrogens (tertiary/aromatic N) is 3. The lowest BCUT2D eigenvalue weighted by atomic mass is 10.0.